The molecule has 2 aromatic rings. The molecule has 1 fully saturated rings. The van der Waals surface area contributed by atoms with E-state index in [-0.39, 0.29) is 22.4 Å². The number of rotatable bonds is 10. The summed E-state index contributed by atoms with van der Waals surface area (Å²) in [7, 11) is -7.23. The van der Waals surface area contributed by atoms with Gasteiger partial charge in [0.25, 0.3) is 0 Å². The molecule has 178 valence electrons. The molecule has 1 aromatic heterocycles. The van der Waals surface area contributed by atoms with Gasteiger partial charge in [-0.25, -0.2) is 16.8 Å². The number of benzene rings is 1. The van der Waals surface area contributed by atoms with E-state index in [1.54, 1.807) is 23.5 Å². The third kappa shape index (κ3) is 5.62. The maximum atomic E-state index is 13.4. The minimum Gasteiger partial charge on any atom is -0.310 e. The van der Waals surface area contributed by atoms with Gasteiger partial charge < -0.3 is 5.32 Å². The van der Waals surface area contributed by atoms with Crippen LogP contribution in [0.5, 0.6) is 0 Å². The van der Waals surface area contributed by atoms with Crippen molar-refractivity contribution in [3.63, 3.8) is 0 Å². The third-order valence-electron chi connectivity index (χ3n) is 6.27. The smallest absolute Gasteiger partial charge is 0.183 e. The summed E-state index contributed by atoms with van der Waals surface area (Å²) >= 11 is 1.66. The van der Waals surface area contributed by atoms with Crippen LogP contribution in [0.2, 0.25) is 0 Å². The van der Waals surface area contributed by atoms with Crippen LogP contribution in [0.1, 0.15) is 50.1 Å². The second-order valence-corrected chi connectivity index (χ2v) is 14.0. The number of sulfone groups is 2. The van der Waals surface area contributed by atoms with Crippen LogP contribution in [-0.4, -0.2) is 64.2 Å². The van der Waals surface area contributed by atoms with Gasteiger partial charge in [0, 0.05) is 17.5 Å². The first-order chi connectivity index (χ1) is 15.1. The van der Waals surface area contributed by atoms with Crippen LogP contribution in [0, 0.1) is 0 Å². The van der Waals surface area contributed by atoms with Crippen molar-refractivity contribution >= 4 is 31.0 Å². The minimum atomic E-state index is -3.79. The molecule has 3 rings (SSSR count). The van der Waals surface area contributed by atoms with Crippen molar-refractivity contribution in [3.8, 4) is 0 Å². The Bertz CT molecular complexity index is 1070. The Labute approximate surface area is 196 Å². The van der Waals surface area contributed by atoms with Gasteiger partial charge in [-0.15, -0.1) is 11.3 Å². The van der Waals surface area contributed by atoms with Crippen molar-refractivity contribution in [2.75, 3.05) is 31.1 Å². The molecular formula is C23H34N2O4S3. The zero-order chi connectivity index (χ0) is 23.5. The zero-order valence-electron chi connectivity index (χ0n) is 19.2. The van der Waals surface area contributed by atoms with E-state index >= 15 is 0 Å². The topological polar surface area (TPSA) is 83.6 Å². The highest BCUT2D eigenvalue weighted by molar-refractivity contribution is 7.96. The molecule has 0 spiro atoms. The van der Waals surface area contributed by atoms with Crippen molar-refractivity contribution in [2.45, 2.75) is 55.8 Å². The molecule has 0 radical (unpaired) electrons. The summed E-state index contributed by atoms with van der Waals surface area (Å²) in [4.78, 5) is 3.68. The van der Waals surface area contributed by atoms with Crippen LogP contribution >= 0.6 is 11.3 Å². The lowest BCUT2D eigenvalue weighted by Gasteiger charge is -2.31. The quantitative estimate of drug-likeness (QED) is 0.540. The van der Waals surface area contributed by atoms with E-state index < -0.39 is 31.0 Å². The molecule has 3 atom stereocenters. The average Bonchev–Trinajstić information content (AvgIpc) is 3.39. The lowest BCUT2D eigenvalue weighted by molar-refractivity contribution is 0.212. The number of thiophene rings is 1. The molecule has 0 saturated carbocycles. The molecule has 9 heteroatoms. The van der Waals surface area contributed by atoms with Gasteiger partial charge >= 0.3 is 0 Å². The first kappa shape index (κ1) is 25.4. The summed E-state index contributed by atoms with van der Waals surface area (Å²) in [5, 5.41) is 4.38. The predicted octanol–water partition coefficient (Wildman–Crippen LogP) is 3.48. The fourth-order valence-corrected chi connectivity index (χ4v) is 9.92. The summed E-state index contributed by atoms with van der Waals surface area (Å²) in [6, 6.07) is 10.4. The first-order valence-corrected chi connectivity index (χ1v) is 15.4. The summed E-state index contributed by atoms with van der Waals surface area (Å²) < 4.78 is 51.8. The Morgan fingerprint density at radius 3 is 2.28 bits per heavy atom. The summed E-state index contributed by atoms with van der Waals surface area (Å²) in [6.07, 6.45) is 0. The second-order valence-electron chi connectivity index (χ2n) is 8.65. The highest BCUT2D eigenvalue weighted by Gasteiger charge is 2.46. The summed E-state index contributed by atoms with van der Waals surface area (Å²) in [6.45, 7) is 10.5. The van der Waals surface area contributed by atoms with Crippen LogP contribution in [-0.2, 0) is 19.7 Å². The molecule has 1 aromatic carbocycles. The number of hydrogen-bond donors (Lipinski definition) is 1. The molecule has 1 unspecified atom stereocenters. The van der Waals surface area contributed by atoms with Gasteiger partial charge in [0.1, 0.15) is 0 Å². The van der Waals surface area contributed by atoms with Gasteiger partial charge in [0.05, 0.1) is 27.7 Å². The standard InChI is InChI=1S/C23H34N2O4S3/c1-5-25(6-2)21(22-8-7-13-30-22)14-24-20-15-31(26,27)16-23(20)32(28,29)19-11-9-18(10-12-19)17(3)4/h7-13,17,20-21,23-24H,5-6,14-16H2,1-4H3/t20-,21?,23-/m0/s1. The molecule has 2 heterocycles. The third-order valence-corrected chi connectivity index (χ3v) is 11.4. The van der Waals surface area contributed by atoms with E-state index in [2.05, 4.69) is 30.1 Å². The minimum absolute atomic E-state index is 0.0713. The van der Waals surface area contributed by atoms with Crippen molar-refractivity contribution in [1.82, 2.24) is 10.2 Å². The van der Waals surface area contributed by atoms with Gasteiger partial charge in [0.15, 0.2) is 19.7 Å². The highest BCUT2D eigenvalue weighted by atomic mass is 32.2. The predicted molar refractivity (Wildman–Crippen MR) is 132 cm³/mol. The fourth-order valence-electron chi connectivity index (χ4n) is 4.35. The van der Waals surface area contributed by atoms with Gasteiger partial charge in [0.2, 0.25) is 0 Å². The molecule has 0 bridgehead atoms. The lowest BCUT2D eigenvalue weighted by atomic mass is 10.0. The molecule has 6 nitrogen and oxygen atoms in total. The molecule has 1 N–H and O–H groups in total. The summed E-state index contributed by atoms with van der Waals surface area (Å²) in [5.74, 6) is -0.202. The van der Waals surface area contributed by atoms with Gasteiger partial charge in [-0.05, 0) is 48.2 Å². The van der Waals surface area contributed by atoms with Crippen LogP contribution in [0.3, 0.4) is 0 Å². The zero-order valence-corrected chi connectivity index (χ0v) is 21.6. The molecule has 1 aliphatic heterocycles. The number of nitrogens with one attached hydrogen (secondary N) is 1. The molecule has 0 amide bonds. The maximum absolute atomic E-state index is 13.4. The highest BCUT2D eigenvalue weighted by Crippen LogP contribution is 2.29. The van der Waals surface area contributed by atoms with Crippen LogP contribution < -0.4 is 5.32 Å². The molecular weight excluding hydrogens is 464 g/mol. The molecule has 1 saturated heterocycles. The lowest BCUT2D eigenvalue weighted by Crippen LogP contribution is -2.46. The largest absolute Gasteiger partial charge is 0.310 e. The SMILES string of the molecule is CCN(CC)C(CN[C@H]1CS(=O)(=O)C[C@@H]1S(=O)(=O)c1ccc(C(C)C)cc1)c1cccs1. The number of likely N-dealkylation sites (N-methyl/N-ethyl adjacent to an activating group) is 1. The van der Waals surface area contributed by atoms with Crippen molar-refractivity contribution in [1.29, 1.82) is 0 Å². The van der Waals surface area contributed by atoms with Gasteiger partial charge in [-0.3, -0.25) is 4.90 Å². The molecule has 0 aliphatic carbocycles. The van der Waals surface area contributed by atoms with E-state index in [0.717, 1.165) is 18.7 Å². The van der Waals surface area contributed by atoms with E-state index in [1.165, 1.54) is 4.88 Å². The first-order valence-electron chi connectivity index (χ1n) is 11.1. The number of hydrogen-bond acceptors (Lipinski definition) is 7. The van der Waals surface area contributed by atoms with E-state index in [9.17, 15) is 16.8 Å². The van der Waals surface area contributed by atoms with E-state index in [4.69, 9.17) is 0 Å². The average molecular weight is 499 g/mol. The Hall–Kier alpha value is -1.26. The van der Waals surface area contributed by atoms with Crippen molar-refractivity contribution in [2.24, 2.45) is 0 Å². The maximum Gasteiger partial charge on any atom is 0.183 e. The van der Waals surface area contributed by atoms with Crippen molar-refractivity contribution < 1.29 is 16.8 Å². The van der Waals surface area contributed by atoms with Crippen LogP contribution in [0.25, 0.3) is 0 Å². The van der Waals surface area contributed by atoms with E-state index in [0.29, 0.717) is 12.5 Å². The summed E-state index contributed by atoms with van der Waals surface area (Å²) in [5.41, 5.74) is 1.05. The normalized spacial score (nSPS) is 21.9. The molecule has 32 heavy (non-hydrogen) atoms. The van der Waals surface area contributed by atoms with Crippen LogP contribution in [0.15, 0.2) is 46.7 Å². The Balaban J connectivity index is 1.84. The fraction of sp³-hybridized carbons (Fsp3) is 0.565. The van der Waals surface area contributed by atoms with Gasteiger partial charge in [-0.1, -0.05) is 45.9 Å². The molecule has 1 aliphatic rings. The monoisotopic (exact) mass is 498 g/mol. The second kappa shape index (κ2) is 10.3. The Kier molecular flexibility index (Phi) is 8.20. The van der Waals surface area contributed by atoms with Crippen LogP contribution in [0.4, 0.5) is 0 Å². The van der Waals surface area contributed by atoms with Crippen molar-refractivity contribution in [3.05, 3.63) is 52.2 Å². The Morgan fingerprint density at radius 1 is 1.09 bits per heavy atom. The number of nitrogens with zero attached hydrogens (tertiary/aromatic N) is 1. The Morgan fingerprint density at radius 2 is 1.75 bits per heavy atom. The van der Waals surface area contributed by atoms with Gasteiger partial charge in [-0.2, -0.15) is 0 Å². The van der Waals surface area contributed by atoms with E-state index in [1.807, 2.05) is 37.4 Å².